The van der Waals surface area contributed by atoms with Crippen molar-refractivity contribution < 1.29 is 191 Å². The number of anilines is 2. The van der Waals surface area contributed by atoms with Crippen molar-refractivity contribution in [3.63, 3.8) is 0 Å². The van der Waals surface area contributed by atoms with Gasteiger partial charge in [0.05, 0.1) is 64.4 Å². The van der Waals surface area contributed by atoms with Gasteiger partial charge >= 0.3 is 62.9 Å². The molecule has 0 heterocycles. The molecule has 6 aromatic rings. The zero-order valence-corrected chi connectivity index (χ0v) is 85.7. The Labute approximate surface area is 829 Å². The summed E-state index contributed by atoms with van der Waals surface area (Å²) >= 11 is 15.6. The second-order valence-corrected chi connectivity index (χ2v) is 42.3. The summed E-state index contributed by atoms with van der Waals surface area (Å²) < 4.78 is 400. The molecule has 4 N–H and O–H groups in total. The normalized spacial score (nSPS) is 12.2. The van der Waals surface area contributed by atoms with Gasteiger partial charge < -0.3 is 73.1 Å². The quantitative estimate of drug-likeness (QED) is 0.00692. The number of nitrogens with one attached hydrogen (secondary N) is 1. The fourth-order valence-corrected chi connectivity index (χ4v) is 15.3. The lowest BCUT2D eigenvalue weighted by atomic mass is 10.1. The minimum atomic E-state index is -5.62. The molecule has 0 aliphatic rings. The van der Waals surface area contributed by atoms with Crippen molar-refractivity contribution in [1.82, 2.24) is 5.32 Å². The number of alkyl halides is 18. The van der Waals surface area contributed by atoms with Gasteiger partial charge in [-0.1, -0.05) is 6.07 Å². The van der Waals surface area contributed by atoms with Gasteiger partial charge in [-0.2, -0.15) is 79.0 Å². The van der Waals surface area contributed by atoms with Crippen LogP contribution in [-0.2, 0) is 83.8 Å². The van der Waals surface area contributed by atoms with E-state index in [0.29, 0.717) is 16.3 Å². The lowest BCUT2D eigenvalue weighted by molar-refractivity contribution is -0.0433. The van der Waals surface area contributed by atoms with Crippen molar-refractivity contribution in [1.29, 1.82) is 0 Å². The molecule has 0 saturated heterocycles. The fraction of sp³-hybridized carbons (Fsp3) is 0.333. The molecule has 33 nitrogen and oxygen atoms in total. The first-order chi connectivity index (χ1) is 58.6. The Morgan fingerprint density at radius 2 is 0.729 bits per heavy atom. The highest BCUT2D eigenvalue weighted by Gasteiger charge is 2.43. The Hall–Kier alpha value is -4.49. The number of nitrogens with zero attached hydrogens (tertiary/aromatic N) is 7. The zero-order chi connectivity index (χ0) is 100. The number of nitrogen functional groups attached to an aromatic ring is 1. The van der Waals surface area contributed by atoms with Crippen LogP contribution in [-0.4, -0.2) is 217 Å². The number of ether oxygens (including phenoxy) is 5. The molecule has 0 saturated carbocycles. The van der Waals surface area contributed by atoms with Gasteiger partial charge in [-0.3, -0.25) is 4.79 Å². The molecular weight excluding hydrogens is 2840 g/mol. The van der Waals surface area contributed by atoms with Gasteiger partial charge in [0.1, 0.15) is 17.1 Å². The summed E-state index contributed by atoms with van der Waals surface area (Å²) in [5.74, 6) is -5.94. The largest absolute Gasteiger partial charge is 0.540 e. The molecule has 0 aliphatic carbocycles. The van der Waals surface area contributed by atoms with E-state index in [-0.39, 0.29) is 49.4 Å². The molecule has 0 radical (unpaired) electrons. The van der Waals surface area contributed by atoms with Crippen molar-refractivity contribution in [2.45, 2.75) is 40.0 Å². The number of hydrogen-bond acceptors (Lipinski definition) is 26. The van der Waals surface area contributed by atoms with E-state index in [0.717, 1.165) is 37.7 Å². The third kappa shape index (κ3) is 42.3. The number of benzene rings is 6. The van der Waals surface area contributed by atoms with Gasteiger partial charge in [0.15, 0.2) is 60.1 Å². The van der Waals surface area contributed by atoms with Crippen molar-refractivity contribution >= 4 is 288 Å². The van der Waals surface area contributed by atoms with Crippen LogP contribution >= 0.6 is 181 Å². The highest BCUT2D eigenvalue weighted by Crippen LogP contribution is 2.34. The first-order valence-corrected chi connectivity index (χ1v) is 49.9. The van der Waals surface area contributed by atoms with Gasteiger partial charge in [-0.05, 0) is 297 Å². The van der Waals surface area contributed by atoms with Crippen molar-refractivity contribution in [2.75, 3.05) is 104 Å². The number of aryl methyl sites for hydroxylation is 1. The number of sulfonamides is 6. The third-order valence-corrected chi connectivity index (χ3v) is 28.1. The minimum Gasteiger partial charge on any atom is -0.540 e. The number of halogens is 27. The number of phenols is 1. The molecule has 6 aromatic carbocycles. The van der Waals surface area contributed by atoms with Gasteiger partial charge in [0, 0.05) is 50.5 Å². The number of amides is 1. The lowest BCUT2D eigenvalue weighted by Gasteiger charge is -2.21. The van der Waals surface area contributed by atoms with Gasteiger partial charge in [0.25, 0.3) is 5.91 Å². The van der Waals surface area contributed by atoms with Crippen LogP contribution in [0.25, 0.3) is 28.3 Å². The Morgan fingerprint density at radius 3 is 1.09 bits per heavy atom. The summed E-state index contributed by atoms with van der Waals surface area (Å²) in [5, 5.41) is 11.7. The predicted molar refractivity (Wildman–Crippen MR) is 488 cm³/mol. The number of aromatic hydroxyl groups is 1. The average Bonchev–Trinajstić information content (AvgIpc) is 0.772. The highest BCUT2D eigenvalue weighted by molar-refractivity contribution is 14.1. The molecule has 1 amide bonds. The summed E-state index contributed by atoms with van der Waals surface area (Å²) in [6, 6.07) is 25.2. The molecule has 66 heteroatoms. The smallest absolute Gasteiger partial charge is 0.480 e. The van der Waals surface area contributed by atoms with Crippen LogP contribution in [0.4, 0.5) is 94.8 Å². The Morgan fingerprint density at radius 1 is 0.388 bits per heavy atom. The van der Waals surface area contributed by atoms with Crippen LogP contribution in [0.2, 0.25) is 0 Å². The molecule has 0 unspecified atom stereocenters. The molecule has 0 aromatic heterocycles. The number of hydrogen-bond donors (Lipinski definition) is 3. The van der Waals surface area contributed by atoms with E-state index >= 15 is 0 Å². The van der Waals surface area contributed by atoms with Crippen LogP contribution < -0.4 is 16.0 Å². The average molecular weight is 2890 g/mol. The molecule has 6 rings (SSSR count). The van der Waals surface area contributed by atoms with Gasteiger partial charge in [-0.15, -0.1) is 39.3 Å². The second kappa shape index (κ2) is 53.3. The molecule has 0 aliphatic heterocycles. The highest BCUT2D eigenvalue weighted by atomic mass is 127. The maximum atomic E-state index is 13.4. The number of esters is 5. The first-order valence-electron chi connectivity index (χ1n) is 32.6. The summed E-state index contributed by atoms with van der Waals surface area (Å²) in [5.41, 5.74) is -24.9. The number of nitrogens with two attached hydrogens (primary N) is 1. The first kappa shape index (κ1) is 123. The van der Waals surface area contributed by atoms with E-state index in [4.69, 9.17) is 10.5 Å². The third-order valence-electron chi connectivity index (χ3n) is 13.2. The van der Waals surface area contributed by atoms with Crippen LogP contribution in [0.3, 0.4) is 0 Å². The van der Waals surface area contributed by atoms with Gasteiger partial charge in [0.2, 0.25) is 0 Å². The van der Waals surface area contributed by atoms with Crippen molar-refractivity contribution in [3.05, 3.63) is 205 Å². The minimum absolute atomic E-state index is 0.0217. The molecular formula is C63H54F19I8N9O24S6-6. The maximum absolute atomic E-state index is 13.4. The Kier molecular flexibility index (Phi) is 50.6. The molecule has 0 fully saturated rings. The van der Waals surface area contributed by atoms with E-state index in [9.17, 15) is 168 Å². The Bertz CT molecular complexity index is 5520. The van der Waals surface area contributed by atoms with E-state index in [1.807, 2.05) is 138 Å². The predicted octanol–water partition coefficient (Wildman–Crippen LogP) is 16.6. The topological polar surface area (TPSA) is 500 Å². The maximum Gasteiger partial charge on any atom is 0.480 e. The monoisotopic (exact) mass is 2890 g/mol. The summed E-state index contributed by atoms with van der Waals surface area (Å²) in [4.78, 5) is 71.8. The summed E-state index contributed by atoms with van der Waals surface area (Å²) in [7, 11) is -29.7. The van der Waals surface area contributed by atoms with Gasteiger partial charge in [-0.25, -0.2) is 78.9 Å². The number of carbonyl (C=O) groups excluding carboxylic acids is 6. The van der Waals surface area contributed by atoms with Crippen molar-refractivity contribution in [3.8, 4) is 5.75 Å². The number of carbonyl (C=O) groups is 6. The second-order valence-electron chi connectivity index (χ2n) is 22.8. The standard InChI is InChI=1S/C12H13F3IN2O4S.C11H10F3INO4S.C10H7F4INO4S.C10H7F3I3N2O3S.C10H9F3IN2O4S.C10H8F3INO5S/c1-18(2)10-4-3-8(7-9(10)16)11(19)22-6-5-17-23(20,21)12(13,14)15;1-7-6-8(2-3-9(7)15)10(17)20-5-4-16-21(18,19)11(12,13)14;11-6-2-1-3-7(15)8(6)9(17)20-5-4-16-21(18,19)10(12,13)14;11-10(12,13)22(20,21)18-2-1-17-9(19)6-3-5(14)4-7(15)8(6)16;11-10(12,13)21(18,19)16-3-4-20-9(17)7-5-6(14)1-2-8(7)15;11-10(12,13)21(18,19)15-3-4-20-9(17)6-1-2-7(14)8(16)5-6/h3-4,7H,5-6H2,1-2H3;2-3,6H,4-5H2,1H3;1-3H,4-5H2;3-4H,1-2H2,(H,17,19);1-2,5H,3-4H2,(H2,15,17);1-2,5,16H,3-4H2/q6*-1. The molecule has 0 spiro atoms. The van der Waals surface area contributed by atoms with E-state index < -0.39 is 207 Å². The van der Waals surface area contributed by atoms with E-state index in [2.05, 4.69) is 97.8 Å². The van der Waals surface area contributed by atoms with Crippen LogP contribution in [0.1, 0.15) is 67.7 Å². The van der Waals surface area contributed by atoms with Crippen molar-refractivity contribution in [2.24, 2.45) is 0 Å². The molecule has 0 atom stereocenters. The number of phenolic OH excluding ortho intramolecular Hbond substituents is 1. The van der Waals surface area contributed by atoms with E-state index in [1.54, 1.807) is 65.9 Å². The molecule has 129 heavy (non-hydrogen) atoms. The zero-order valence-electron chi connectivity index (χ0n) is 63.5. The number of rotatable bonds is 31. The van der Waals surface area contributed by atoms with Crippen LogP contribution in [0.15, 0.2) is 103 Å². The van der Waals surface area contributed by atoms with Crippen LogP contribution in [0, 0.1) is 41.3 Å². The van der Waals surface area contributed by atoms with Crippen LogP contribution in [0.5, 0.6) is 5.75 Å². The SMILES string of the molecule is CN(C)c1ccc(C(=O)OCC[N-]S(=O)(=O)C(F)(F)F)cc1I.Cc1cc(C(=O)OCC[N-]S(=O)(=O)C(F)(F)F)ccc1I.Nc1ccc(I)cc1C(=O)OCC[N-]S(=O)(=O)C(F)(F)F.O=C(NCC[N-]S(=O)(=O)C(F)(F)F)c1cc(I)cc(I)c1I.O=C(OCC[N-]S(=O)(=O)C(F)(F)F)c1c(F)cccc1I.O=C(OCC[N-]S(=O)(=O)C(F)(F)F)c1ccc(I)c(O)c1. The molecule has 726 valence electrons. The molecule has 0 bridgehead atoms. The van der Waals surface area contributed by atoms with E-state index in [1.165, 1.54) is 48.5 Å². The summed E-state index contributed by atoms with van der Waals surface area (Å²) in [6.07, 6.45) is 0. The fourth-order valence-electron chi connectivity index (χ4n) is 7.28. The summed E-state index contributed by atoms with van der Waals surface area (Å²) in [6.45, 7) is -6.45. The Balaban J connectivity index is 0.000000774. The lowest BCUT2D eigenvalue weighted by Crippen LogP contribution is -2.29.